The number of nitrogens with one attached hydrogen (secondary N) is 1. The first-order chi connectivity index (χ1) is 12.0. The second-order valence-electron chi connectivity index (χ2n) is 6.69. The molecule has 1 aliphatic heterocycles. The lowest BCUT2D eigenvalue weighted by Crippen LogP contribution is -2.45. The summed E-state index contributed by atoms with van der Waals surface area (Å²) in [6.45, 7) is 5.40. The monoisotopic (exact) mass is 343 g/mol. The fraction of sp³-hybridized carbons (Fsp3) is 0.500. The molecular weight excluding hydrogens is 318 g/mol. The zero-order chi connectivity index (χ0) is 18.0. The van der Waals surface area contributed by atoms with E-state index < -0.39 is 0 Å². The molecule has 1 unspecified atom stereocenters. The Hall–Kier alpha value is -2.57. The Labute approximate surface area is 148 Å². The predicted octanol–water partition coefficient (Wildman–Crippen LogP) is 2.47. The van der Waals surface area contributed by atoms with Gasteiger partial charge in [-0.05, 0) is 38.8 Å². The molecule has 1 fully saturated rings. The molecule has 0 aromatic carbocycles. The summed E-state index contributed by atoms with van der Waals surface area (Å²) in [5, 5.41) is 3.51. The maximum absolute atomic E-state index is 12.5. The molecule has 0 radical (unpaired) electrons. The number of nitrogens with zero attached hydrogens (tertiary/aromatic N) is 4. The molecule has 3 heterocycles. The molecule has 134 valence electrons. The van der Waals surface area contributed by atoms with E-state index in [1.54, 1.807) is 12.1 Å². The third-order valence-corrected chi connectivity index (χ3v) is 4.56. The Balaban J connectivity index is 1.74. The number of hydrogen-bond acceptors (Lipinski definition) is 6. The molecule has 25 heavy (non-hydrogen) atoms. The van der Waals surface area contributed by atoms with Gasteiger partial charge in [0.1, 0.15) is 5.82 Å². The highest BCUT2D eigenvalue weighted by atomic mass is 16.3. The van der Waals surface area contributed by atoms with Crippen LogP contribution in [-0.2, 0) is 0 Å². The zero-order valence-electron chi connectivity index (χ0n) is 15.2. The van der Waals surface area contributed by atoms with Gasteiger partial charge in [0, 0.05) is 44.5 Å². The average Bonchev–Trinajstić information content (AvgIpc) is 3.12. The number of aromatic nitrogens is 2. The maximum Gasteiger partial charge on any atom is 0.289 e. The van der Waals surface area contributed by atoms with Crippen molar-refractivity contribution in [1.82, 2.24) is 14.9 Å². The highest BCUT2D eigenvalue weighted by Gasteiger charge is 2.26. The van der Waals surface area contributed by atoms with Gasteiger partial charge in [-0.3, -0.25) is 4.79 Å². The van der Waals surface area contributed by atoms with Crippen LogP contribution < -0.4 is 10.2 Å². The smallest absolute Gasteiger partial charge is 0.289 e. The van der Waals surface area contributed by atoms with Crippen LogP contribution in [0.2, 0.25) is 0 Å². The van der Waals surface area contributed by atoms with Gasteiger partial charge in [-0.25, -0.2) is 4.98 Å². The Morgan fingerprint density at radius 3 is 2.84 bits per heavy atom. The van der Waals surface area contributed by atoms with E-state index in [9.17, 15) is 4.79 Å². The Morgan fingerprint density at radius 2 is 2.16 bits per heavy atom. The van der Waals surface area contributed by atoms with E-state index in [4.69, 9.17) is 4.42 Å². The van der Waals surface area contributed by atoms with Crippen LogP contribution in [0.15, 0.2) is 22.8 Å². The number of likely N-dealkylation sites (tertiary alicyclic amines) is 1. The molecule has 1 aliphatic rings. The summed E-state index contributed by atoms with van der Waals surface area (Å²) < 4.78 is 5.24. The summed E-state index contributed by atoms with van der Waals surface area (Å²) in [5.41, 5.74) is 2.00. The lowest BCUT2D eigenvalue weighted by molar-refractivity contribution is 0.0682. The molecule has 2 aromatic rings. The highest BCUT2D eigenvalue weighted by molar-refractivity contribution is 5.91. The fourth-order valence-corrected chi connectivity index (χ4v) is 2.98. The molecule has 1 amide bonds. The first-order valence-corrected chi connectivity index (χ1v) is 8.57. The van der Waals surface area contributed by atoms with Crippen LogP contribution in [0.3, 0.4) is 0 Å². The van der Waals surface area contributed by atoms with Crippen molar-refractivity contribution in [3.63, 3.8) is 0 Å². The van der Waals surface area contributed by atoms with Crippen molar-refractivity contribution < 1.29 is 9.21 Å². The van der Waals surface area contributed by atoms with Crippen molar-refractivity contribution in [2.45, 2.75) is 32.7 Å². The Morgan fingerprint density at radius 1 is 1.36 bits per heavy atom. The number of carbonyl (C=O) groups excluding carboxylic acids is 1. The highest BCUT2D eigenvalue weighted by Crippen LogP contribution is 2.22. The Kier molecular flexibility index (Phi) is 4.92. The quantitative estimate of drug-likeness (QED) is 0.919. The topological polar surface area (TPSA) is 74.5 Å². The van der Waals surface area contributed by atoms with E-state index in [0.717, 1.165) is 36.5 Å². The molecule has 1 N–H and O–H groups in total. The lowest BCUT2D eigenvalue weighted by atomic mass is 10.0. The zero-order valence-corrected chi connectivity index (χ0v) is 15.2. The van der Waals surface area contributed by atoms with Gasteiger partial charge in [0.05, 0.1) is 6.26 Å². The molecule has 0 bridgehead atoms. The predicted molar refractivity (Wildman–Crippen MR) is 97.1 cm³/mol. The first-order valence-electron chi connectivity index (χ1n) is 8.57. The van der Waals surface area contributed by atoms with Crippen LogP contribution in [0.4, 0.5) is 11.8 Å². The molecule has 0 spiro atoms. The summed E-state index contributed by atoms with van der Waals surface area (Å²) in [5.74, 6) is 1.86. The van der Waals surface area contributed by atoms with E-state index in [1.165, 1.54) is 6.26 Å². The number of furan rings is 1. The molecule has 2 aromatic heterocycles. The molecule has 7 nitrogen and oxygen atoms in total. The maximum atomic E-state index is 12.5. The van der Waals surface area contributed by atoms with Gasteiger partial charge in [-0.1, -0.05) is 0 Å². The van der Waals surface area contributed by atoms with Crippen LogP contribution in [-0.4, -0.2) is 54.0 Å². The van der Waals surface area contributed by atoms with E-state index in [1.807, 2.05) is 37.7 Å². The summed E-state index contributed by atoms with van der Waals surface area (Å²) in [4.78, 5) is 25.4. The molecule has 3 rings (SSSR count). The number of amides is 1. The van der Waals surface area contributed by atoms with Crippen molar-refractivity contribution in [2.75, 3.05) is 37.4 Å². The lowest BCUT2D eigenvalue weighted by Gasteiger charge is -2.33. The van der Waals surface area contributed by atoms with Crippen LogP contribution >= 0.6 is 0 Å². The van der Waals surface area contributed by atoms with E-state index in [0.29, 0.717) is 18.3 Å². The van der Waals surface area contributed by atoms with Gasteiger partial charge in [0.2, 0.25) is 5.95 Å². The number of hydrogen-bond donors (Lipinski definition) is 1. The minimum atomic E-state index is -0.0546. The molecular formula is C18H25N5O2. The summed E-state index contributed by atoms with van der Waals surface area (Å²) in [6, 6.07) is 3.61. The van der Waals surface area contributed by atoms with E-state index in [2.05, 4.69) is 15.3 Å². The first kappa shape index (κ1) is 17.3. The minimum absolute atomic E-state index is 0.0546. The van der Waals surface area contributed by atoms with Crippen molar-refractivity contribution >= 4 is 17.7 Å². The van der Waals surface area contributed by atoms with Crippen molar-refractivity contribution in [3.05, 3.63) is 35.4 Å². The summed E-state index contributed by atoms with van der Waals surface area (Å²) in [6.07, 6.45) is 3.48. The van der Waals surface area contributed by atoms with Gasteiger partial charge in [0.25, 0.3) is 5.91 Å². The summed E-state index contributed by atoms with van der Waals surface area (Å²) >= 11 is 0. The fourth-order valence-electron chi connectivity index (χ4n) is 2.98. The standard InChI is InChI=1S/C18H25N5O2/c1-12-13(2)19-18(22(3)4)21-16(12)20-14-7-5-9-23(11-14)17(24)15-8-6-10-25-15/h6,8,10,14H,5,7,9,11H2,1-4H3,(H,19,20,21). The number of rotatable bonds is 4. The molecule has 7 heteroatoms. The minimum Gasteiger partial charge on any atom is -0.459 e. The van der Waals surface area contributed by atoms with Gasteiger partial charge in [-0.15, -0.1) is 0 Å². The molecule has 1 atom stereocenters. The van der Waals surface area contributed by atoms with Crippen molar-refractivity contribution in [2.24, 2.45) is 0 Å². The van der Waals surface area contributed by atoms with Gasteiger partial charge < -0.3 is 19.5 Å². The molecule has 0 aliphatic carbocycles. The van der Waals surface area contributed by atoms with Crippen LogP contribution in [0, 0.1) is 13.8 Å². The largest absolute Gasteiger partial charge is 0.459 e. The van der Waals surface area contributed by atoms with Crippen LogP contribution in [0.25, 0.3) is 0 Å². The van der Waals surface area contributed by atoms with Crippen LogP contribution in [0.5, 0.6) is 0 Å². The molecule has 0 saturated carbocycles. The average molecular weight is 343 g/mol. The Bertz CT molecular complexity index is 742. The van der Waals surface area contributed by atoms with Crippen molar-refractivity contribution in [1.29, 1.82) is 0 Å². The number of piperidine rings is 1. The number of anilines is 2. The SMILES string of the molecule is Cc1nc(N(C)C)nc(NC2CCCN(C(=O)c3ccco3)C2)c1C. The van der Waals surface area contributed by atoms with Gasteiger partial charge in [0.15, 0.2) is 5.76 Å². The normalized spacial score (nSPS) is 17.4. The number of aryl methyl sites for hydroxylation is 1. The second-order valence-corrected chi connectivity index (χ2v) is 6.69. The summed E-state index contributed by atoms with van der Waals surface area (Å²) in [7, 11) is 3.86. The van der Waals surface area contributed by atoms with Gasteiger partial charge >= 0.3 is 0 Å². The van der Waals surface area contributed by atoms with Crippen molar-refractivity contribution in [3.8, 4) is 0 Å². The third kappa shape index (κ3) is 3.75. The van der Waals surface area contributed by atoms with E-state index in [-0.39, 0.29) is 11.9 Å². The van der Waals surface area contributed by atoms with Gasteiger partial charge in [-0.2, -0.15) is 4.98 Å². The van der Waals surface area contributed by atoms with Crippen LogP contribution in [0.1, 0.15) is 34.7 Å². The number of carbonyl (C=O) groups is 1. The van der Waals surface area contributed by atoms with E-state index >= 15 is 0 Å². The second kappa shape index (κ2) is 7.13. The third-order valence-electron chi connectivity index (χ3n) is 4.56. The molecule has 1 saturated heterocycles.